The van der Waals surface area contributed by atoms with Gasteiger partial charge in [0.05, 0.1) is 18.1 Å². The van der Waals surface area contributed by atoms with E-state index >= 15 is 0 Å². The summed E-state index contributed by atoms with van der Waals surface area (Å²) in [6, 6.07) is 20.3. The Morgan fingerprint density at radius 3 is 2.46 bits per heavy atom. The third-order valence-electron chi connectivity index (χ3n) is 7.14. The number of benzene rings is 2. The van der Waals surface area contributed by atoms with Crippen molar-refractivity contribution in [3.05, 3.63) is 71.8 Å². The van der Waals surface area contributed by atoms with Gasteiger partial charge < -0.3 is 14.7 Å². The van der Waals surface area contributed by atoms with Crippen molar-refractivity contribution in [1.29, 1.82) is 0 Å². The minimum Gasteiger partial charge on any atom is -0.390 e. The van der Waals surface area contributed by atoms with Gasteiger partial charge in [0.15, 0.2) is 5.72 Å². The highest BCUT2D eigenvalue weighted by molar-refractivity contribution is 5.85. The summed E-state index contributed by atoms with van der Waals surface area (Å²) >= 11 is 0. The first-order valence-electron chi connectivity index (χ1n) is 9.48. The Kier molecular flexibility index (Phi) is 2.85. The second-order valence-corrected chi connectivity index (χ2v) is 8.16. The molecule has 2 aliphatic carbocycles. The molecule has 4 fully saturated rings. The Balaban J connectivity index is 1.52. The van der Waals surface area contributed by atoms with Crippen LogP contribution in [0.3, 0.4) is 0 Å². The summed E-state index contributed by atoms with van der Waals surface area (Å²) in [7, 11) is 0. The molecule has 2 aliphatic heterocycles. The fraction of sp³-hybridized carbons (Fsp3) is 0.409. The number of carbonyl (C=O) groups is 1. The number of ether oxygens (including phenoxy) is 1. The molecule has 2 aromatic rings. The standard InChI is InChI=1S/C22H21NO3/c24-19-15-11-16-18-17(15)21(25)23(12-13-7-3-1-4-8-13)22(18,26-20(16)19)14-9-5-2-6-10-14/h1-10,15-20,24H,11-12H2. The zero-order chi connectivity index (χ0) is 17.5. The predicted molar refractivity (Wildman–Crippen MR) is 94.6 cm³/mol. The third-order valence-corrected chi connectivity index (χ3v) is 7.14. The molecule has 2 saturated carbocycles. The molecule has 4 nitrogen and oxygen atoms in total. The second-order valence-electron chi connectivity index (χ2n) is 8.16. The molecule has 2 heterocycles. The van der Waals surface area contributed by atoms with Crippen molar-refractivity contribution >= 4 is 5.91 Å². The molecule has 0 radical (unpaired) electrons. The molecule has 0 aromatic heterocycles. The van der Waals surface area contributed by atoms with E-state index in [1.54, 1.807) is 0 Å². The smallest absolute Gasteiger partial charge is 0.229 e. The molecule has 7 unspecified atom stereocenters. The van der Waals surface area contributed by atoms with Crippen molar-refractivity contribution in [2.24, 2.45) is 23.7 Å². The monoisotopic (exact) mass is 347 g/mol. The number of nitrogens with zero attached hydrogens (tertiary/aromatic N) is 1. The van der Waals surface area contributed by atoms with Gasteiger partial charge in [-0.2, -0.15) is 0 Å². The summed E-state index contributed by atoms with van der Waals surface area (Å²) < 4.78 is 6.63. The average Bonchev–Trinajstić information content (AvgIpc) is 3.35. The number of likely N-dealkylation sites (tertiary alicyclic amines) is 1. The van der Waals surface area contributed by atoms with Crippen molar-refractivity contribution in [3.8, 4) is 0 Å². The minimum absolute atomic E-state index is 0.0499. The molecule has 4 heteroatoms. The van der Waals surface area contributed by atoms with Gasteiger partial charge >= 0.3 is 0 Å². The van der Waals surface area contributed by atoms with Crippen LogP contribution < -0.4 is 0 Å². The quantitative estimate of drug-likeness (QED) is 0.928. The lowest BCUT2D eigenvalue weighted by Crippen LogP contribution is -2.48. The molecule has 2 saturated heterocycles. The number of hydrogen-bond donors (Lipinski definition) is 1. The fourth-order valence-corrected chi connectivity index (χ4v) is 6.28. The minimum atomic E-state index is -0.736. The number of carbonyl (C=O) groups excluding carboxylic acids is 1. The molecular formula is C22H21NO3. The summed E-state index contributed by atoms with van der Waals surface area (Å²) in [4.78, 5) is 15.4. The van der Waals surface area contributed by atoms with Crippen LogP contribution in [0, 0.1) is 23.7 Å². The largest absolute Gasteiger partial charge is 0.390 e. The Labute approximate surface area is 152 Å². The lowest BCUT2D eigenvalue weighted by molar-refractivity contribution is -0.184. The van der Waals surface area contributed by atoms with Crippen LogP contribution in [0.5, 0.6) is 0 Å². The molecule has 1 amide bonds. The van der Waals surface area contributed by atoms with Gasteiger partial charge in [0.2, 0.25) is 5.91 Å². The van der Waals surface area contributed by atoms with Gasteiger partial charge in [0.25, 0.3) is 0 Å². The summed E-state index contributed by atoms with van der Waals surface area (Å²) in [5.41, 5.74) is 1.41. The third kappa shape index (κ3) is 1.60. The van der Waals surface area contributed by atoms with Crippen molar-refractivity contribution in [3.63, 3.8) is 0 Å². The van der Waals surface area contributed by atoms with Crippen LogP contribution in [0.2, 0.25) is 0 Å². The van der Waals surface area contributed by atoms with E-state index in [2.05, 4.69) is 24.3 Å². The summed E-state index contributed by atoms with van der Waals surface area (Å²) in [5, 5.41) is 10.7. The lowest BCUT2D eigenvalue weighted by atomic mass is 9.75. The average molecular weight is 347 g/mol. The van der Waals surface area contributed by atoms with Gasteiger partial charge in [-0.15, -0.1) is 0 Å². The van der Waals surface area contributed by atoms with Crippen LogP contribution in [0.1, 0.15) is 17.5 Å². The van der Waals surface area contributed by atoms with Gasteiger partial charge in [0.1, 0.15) is 0 Å². The van der Waals surface area contributed by atoms with Crippen LogP contribution in [-0.2, 0) is 21.8 Å². The Bertz CT molecular complexity index is 869. The van der Waals surface area contributed by atoms with Crippen LogP contribution >= 0.6 is 0 Å². The van der Waals surface area contributed by atoms with Crippen LogP contribution in [0.4, 0.5) is 0 Å². The van der Waals surface area contributed by atoms with E-state index in [0.717, 1.165) is 17.5 Å². The normalized spacial score (nSPS) is 42.0. The first kappa shape index (κ1) is 14.9. The van der Waals surface area contributed by atoms with Gasteiger partial charge in [-0.05, 0) is 23.8 Å². The molecule has 132 valence electrons. The van der Waals surface area contributed by atoms with Gasteiger partial charge in [-0.25, -0.2) is 0 Å². The molecule has 26 heavy (non-hydrogen) atoms. The topological polar surface area (TPSA) is 49.8 Å². The predicted octanol–water partition coefficient (Wildman–Crippen LogP) is 2.52. The van der Waals surface area contributed by atoms with Crippen molar-refractivity contribution in [2.45, 2.75) is 30.9 Å². The van der Waals surface area contributed by atoms with Crippen LogP contribution in [-0.4, -0.2) is 28.1 Å². The van der Waals surface area contributed by atoms with E-state index in [0.29, 0.717) is 6.54 Å². The van der Waals surface area contributed by atoms with Crippen LogP contribution in [0.15, 0.2) is 60.7 Å². The maximum absolute atomic E-state index is 13.5. The zero-order valence-corrected chi connectivity index (χ0v) is 14.4. The molecule has 2 bridgehead atoms. The lowest BCUT2D eigenvalue weighted by Gasteiger charge is -2.39. The van der Waals surface area contributed by atoms with Crippen molar-refractivity contribution < 1.29 is 14.6 Å². The number of amides is 1. The summed E-state index contributed by atoms with van der Waals surface area (Å²) in [6.07, 6.45) is 0.267. The number of aliphatic hydroxyl groups excluding tert-OH is 1. The molecular weight excluding hydrogens is 326 g/mol. The van der Waals surface area contributed by atoms with Crippen molar-refractivity contribution in [2.75, 3.05) is 0 Å². The molecule has 0 spiro atoms. The number of fused-ring (bicyclic) bond motifs is 2. The van der Waals surface area contributed by atoms with E-state index in [4.69, 9.17) is 4.74 Å². The first-order chi connectivity index (χ1) is 12.7. The SMILES string of the molecule is O=C1C2C3CC4C(OC(c5ccccc5)(C42)N1Cc1ccccc1)C3O. The first-order valence-corrected chi connectivity index (χ1v) is 9.48. The highest BCUT2D eigenvalue weighted by Crippen LogP contribution is 2.70. The highest BCUT2D eigenvalue weighted by atomic mass is 16.6. The fourth-order valence-electron chi connectivity index (χ4n) is 6.28. The van der Waals surface area contributed by atoms with E-state index in [9.17, 15) is 9.90 Å². The van der Waals surface area contributed by atoms with Crippen LogP contribution in [0.25, 0.3) is 0 Å². The molecule has 4 aliphatic rings. The van der Waals surface area contributed by atoms with Gasteiger partial charge in [-0.1, -0.05) is 60.7 Å². The van der Waals surface area contributed by atoms with E-state index in [1.807, 2.05) is 41.3 Å². The van der Waals surface area contributed by atoms with E-state index in [-0.39, 0.29) is 35.7 Å². The summed E-state index contributed by atoms with van der Waals surface area (Å²) in [6.45, 7) is 0.545. The number of aliphatic hydroxyl groups is 1. The van der Waals surface area contributed by atoms with E-state index < -0.39 is 11.8 Å². The number of rotatable bonds is 3. The van der Waals surface area contributed by atoms with E-state index in [1.165, 1.54) is 0 Å². The maximum atomic E-state index is 13.5. The van der Waals surface area contributed by atoms with Gasteiger partial charge in [-0.3, -0.25) is 4.79 Å². The zero-order valence-electron chi connectivity index (χ0n) is 14.4. The molecule has 7 atom stereocenters. The Morgan fingerprint density at radius 1 is 1.04 bits per heavy atom. The summed E-state index contributed by atoms with van der Waals surface area (Å²) in [5.74, 6) is 0.517. The molecule has 6 rings (SSSR count). The Morgan fingerprint density at radius 2 is 1.73 bits per heavy atom. The second kappa shape index (κ2) is 4.96. The molecule has 1 N–H and O–H groups in total. The van der Waals surface area contributed by atoms with Gasteiger partial charge in [0, 0.05) is 18.0 Å². The maximum Gasteiger partial charge on any atom is 0.229 e. The Hall–Kier alpha value is -2.17. The highest BCUT2D eigenvalue weighted by Gasteiger charge is 2.78. The van der Waals surface area contributed by atoms with Crippen molar-refractivity contribution in [1.82, 2.24) is 4.90 Å². The number of hydrogen-bond acceptors (Lipinski definition) is 3. The molecule has 2 aromatic carbocycles.